The van der Waals surface area contributed by atoms with Crippen LogP contribution in [0.15, 0.2) is 0 Å². The molecule has 0 spiro atoms. The standard InChI is InChI=1S/C14H27N7/c1-4-11(5-2)10(3)16-12-17-13(20-15)19-14(18-12)21-8-6-7-9-21/h10-11H,4-9,15H2,1-3H3,(H2,16,17,18,19,20). The predicted octanol–water partition coefficient (Wildman–Crippen LogP) is 1.99. The molecule has 2 rings (SSSR count). The molecule has 1 saturated heterocycles. The first-order valence-corrected chi connectivity index (χ1v) is 7.92. The summed E-state index contributed by atoms with van der Waals surface area (Å²) in [5.41, 5.74) is 2.53. The minimum absolute atomic E-state index is 0.319. The molecule has 1 unspecified atom stereocenters. The van der Waals surface area contributed by atoms with Crippen LogP contribution in [0, 0.1) is 5.92 Å². The van der Waals surface area contributed by atoms with E-state index in [1.54, 1.807) is 0 Å². The van der Waals surface area contributed by atoms with Crippen LogP contribution in [0.25, 0.3) is 0 Å². The molecule has 0 saturated carbocycles. The Morgan fingerprint density at radius 1 is 1.10 bits per heavy atom. The van der Waals surface area contributed by atoms with Crippen molar-refractivity contribution in [2.24, 2.45) is 11.8 Å². The predicted molar refractivity (Wildman–Crippen MR) is 86.2 cm³/mol. The van der Waals surface area contributed by atoms with Crippen molar-refractivity contribution in [3.63, 3.8) is 0 Å². The Bertz CT molecular complexity index is 441. The Labute approximate surface area is 126 Å². The van der Waals surface area contributed by atoms with E-state index in [-0.39, 0.29) is 0 Å². The minimum atomic E-state index is 0.319. The van der Waals surface area contributed by atoms with Gasteiger partial charge in [-0.2, -0.15) is 15.0 Å². The van der Waals surface area contributed by atoms with Gasteiger partial charge in [0.25, 0.3) is 0 Å². The van der Waals surface area contributed by atoms with Crippen molar-refractivity contribution in [1.82, 2.24) is 15.0 Å². The molecule has 0 aliphatic carbocycles. The van der Waals surface area contributed by atoms with Gasteiger partial charge < -0.3 is 10.2 Å². The molecule has 1 aromatic rings. The number of nitrogens with one attached hydrogen (secondary N) is 2. The zero-order valence-electron chi connectivity index (χ0n) is 13.3. The molecule has 1 aliphatic rings. The fraction of sp³-hybridized carbons (Fsp3) is 0.786. The number of nitrogen functional groups attached to an aromatic ring is 1. The smallest absolute Gasteiger partial charge is 0.243 e. The van der Waals surface area contributed by atoms with Crippen molar-refractivity contribution in [3.8, 4) is 0 Å². The summed E-state index contributed by atoms with van der Waals surface area (Å²) < 4.78 is 0. The highest BCUT2D eigenvalue weighted by atomic mass is 15.4. The minimum Gasteiger partial charge on any atom is -0.351 e. The van der Waals surface area contributed by atoms with Crippen molar-refractivity contribution in [2.75, 3.05) is 28.7 Å². The van der Waals surface area contributed by atoms with Crippen molar-refractivity contribution in [2.45, 2.75) is 52.5 Å². The maximum absolute atomic E-state index is 5.48. The summed E-state index contributed by atoms with van der Waals surface area (Å²) in [6.07, 6.45) is 4.64. The number of hydrazine groups is 1. The van der Waals surface area contributed by atoms with Gasteiger partial charge in [0.2, 0.25) is 17.8 Å². The van der Waals surface area contributed by atoms with Gasteiger partial charge in [-0.3, -0.25) is 5.43 Å². The van der Waals surface area contributed by atoms with Crippen molar-refractivity contribution < 1.29 is 0 Å². The van der Waals surface area contributed by atoms with Crippen molar-refractivity contribution in [3.05, 3.63) is 0 Å². The second-order valence-electron chi connectivity index (χ2n) is 5.63. The van der Waals surface area contributed by atoms with E-state index in [2.05, 4.69) is 51.4 Å². The zero-order valence-corrected chi connectivity index (χ0v) is 13.3. The molecule has 1 aromatic heterocycles. The van der Waals surface area contributed by atoms with Crippen LogP contribution < -0.4 is 21.5 Å². The largest absolute Gasteiger partial charge is 0.351 e. The lowest BCUT2D eigenvalue weighted by atomic mass is 9.96. The van der Waals surface area contributed by atoms with Gasteiger partial charge in [-0.15, -0.1) is 0 Å². The van der Waals surface area contributed by atoms with E-state index in [1.807, 2.05) is 0 Å². The Morgan fingerprint density at radius 3 is 2.29 bits per heavy atom. The molecule has 7 nitrogen and oxygen atoms in total. The number of nitrogens with two attached hydrogens (primary N) is 1. The van der Waals surface area contributed by atoms with Crippen LogP contribution in [0.2, 0.25) is 0 Å². The molecule has 1 fully saturated rings. The van der Waals surface area contributed by atoms with E-state index < -0.39 is 0 Å². The van der Waals surface area contributed by atoms with Crippen molar-refractivity contribution >= 4 is 17.8 Å². The average Bonchev–Trinajstić information content (AvgIpc) is 3.02. The highest BCUT2D eigenvalue weighted by Gasteiger charge is 2.19. The van der Waals surface area contributed by atoms with Gasteiger partial charge in [-0.05, 0) is 25.7 Å². The summed E-state index contributed by atoms with van der Waals surface area (Å²) in [6, 6.07) is 0.319. The number of nitrogens with zero attached hydrogens (tertiary/aromatic N) is 4. The molecule has 0 bridgehead atoms. The van der Waals surface area contributed by atoms with Crippen LogP contribution in [0.1, 0.15) is 46.5 Å². The molecule has 118 valence electrons. The second kappa shape index (κ2) is 7.40. The monoisotopic (exact) mass is 293 g/mol. The van der Waals surface area contributed by atoms with Crippen LogP contribution in [0.5, 0.6) is 0 Å². The SMILES string of the molecule is CCC(CC)C(C)Nc1nc(NN)nc(N2CCCC2)n1. The number of hydrogen-bond acceptors (Lipinski definition) is 7. The molecule has 1 aliphatic heterocycles. The van der Waals surface area contributed by atoms with E-state index in [0.29, 0.717) is 29.8 Å². The summed E-state index contributed by atoms with van der Waals surface area (Å²) in [5, 5.41) is 3.40. The molecule has 0 aromatic carbocycles. The molecule has 2 heterocycles. The Kier molecular flexibility index (Phi) is 5.55. The molecular weight excluding hydrogens is 266 g/mol. The van der Waals surface area contributed by atoms with E-state index in [9.17, 15) is 0 Å². The maximum atomic E-state index is 5.48. The molecule has 4 N–H and O–H groups in total. The van der Waals surface area contributed by atoms with E-state index >= 15 is 0 Å². The quantitative estimate of drug-likeness (QED) is 0.523. The molecule has 21 heavy (non-hydrogen) atoms. The summed E-state index contributed by atoms with van der Waals surface area (Å²) >= 11 is 0. The first-order valence-electron chi connectivity index (χ1n) is 7.92. The first-order chi connectivity index (χ1) is 10.2. The van der Waals surface area contributed by atoms with E-state index in [0.717, 1.165) is 25.9 Å². The van der Waals surface area contributed by atoms with Gasteiger partial charge in [0, 0.05) is 19.1 Å². The second-order valence-corrected chi connectivity index (χ2v) is 5.63. The molecule has 0 radical (unpaired) electrons. The lowest BCUT2D eigenvalue weighted by Gasteiger charge is -2.23. The topological polar surface area (TPSA) is 92.0 Å². The van der Waals surface area contributed by atoms with Gasteiger partial charge in [-0.1, -0.05) is 26.7 Å². The third-order valence-electron chi connectivity index (χ3n) is 4.25. The van der Waals surface area contributed by atoms with Crippen LogP contribution >= 0.6 is 0 Å². The summed E-state index contributed by atoms with van der Waals surface area (Å²) in [4.78, 5) is 15.4. The normalized spacial score (nSPS) is 16.3. The third kappa shape index (κ3) is 3.93. The summed E-state index contributed by atoms with van der Waals surface area (Å²) in [7, 11) is 0. The molecule has 0 amide bonds. The number of hydrogen-bond donors (Lipinski definition) is 3. The Morgan fingerprint density at radius 2 is 1.71 bits per heavy atom. The maximum Gasteiger partial charge on any atom is 0.243 e. The number of anilines is 3. The van der Waals surface area contributed by atoms with Crippen LogP contribution in [-0.2, 0) is 0 Å². The average molecular weight is 293 g/mol. The van der Waals surface area contributed by atoms with Gasteiger partial charge in [-0.25, -0.2) is 5.84 Å². The summed E-state index contributed by atoms with van der Waals surface area (Å²) in [6.45, 7) is 8.59. The van der Waals surface area contributed by atoms with Crippen LogP contribution in [-0.4, -0.2) is 34.1 Å². The lowest BCUT2D eigenvalue weighted by molar-refractivity contribution is 0.436. The molecule has 1 atom stereocenters. The van der Waals surface area contributed by atoms with Gasteiger partial charge in [0.15, 0.2) is 0 Å². The van der Waals surface area contributed by atoms with Gasteiger partial charge >= 0.3 is 0 Å². The van der Waals surface area contributed by atoms with Gasteiger partial charge in [0.1, 0.15) is 0 Å². The Hall–Kier alpha value is -1.63. The lowest BCUT2D eigenvalue weighted by Crippen LogP contribution is -2.28. The zero-order chi connectivity index (χ0) is 15.2. The molecular formula is C14H27N7. The fourth-order valence-corrected chi connectivity index (χ4v) is 2.87. The van der Waals surface area contributed by atoms with E-state index in [1.165, 1.54) is 12.8 Å². The van der Waals surface area contributed by atoms with E-state index in [4.69, 9.17) is 5.84 Å². The Balaban J connectivity index is 2.16. The molecule has 7 heteroatoms. The fourth-order valence-electron chi connectivity index (χ4n) is 2.87. The highest BCUT2D eigenvalue weighted by molar-refractivity contribution is 5.44. The van der Waals surface area contributed by atoms with Crippen LogP contribution in [0.3, 0.4) is 0 Å². The third-order valence-corrected chi connectivity index (χ3v) is 4.25. The van der Waals surface area contributed by atoms with Crippen molar-refractivity contribution in [1.29, 1.82) is 0 Å². The number of rotatable bonds is 7. The summed E-state index contributed by atoms with van der Waals surface area (Å²) in [5.74, 6) is 7.79. The first kappa shape index (κ1) is 15.8. The van der Waals surface area contributed by atoms with Gasteiger partial charge in [0.05, 0.1) is 0 Å². The van der Waals surface area contributed by atoms with Crippen LogP contribution in [0.4, 0.5) is 17.8 Å². The highest BCUT2D eigenvalue weighted by Crippen LogP contribution is 2.20. The number of aromatic nitrogens is 3.